The molecule has 1 N–H and O–H groups in total. The summed E-state index contributed by atoms with van der Waals surface area (Å²) in [5.74, 6) is 1.77. The molecular weight excluding hydrogens is 224 g/mol. The van der Waals surface area contributed by atoms with Crippen LogP contribution in [0.3, 0.4) is 0 Å². The van der Waals surface area contributed by atoms with E-state index in [4.69, 9.17) is 0 Å². The molecule has 0 bridgehead atoms. The molecule has 1 fully saturated rings. The second-order valence-corrected chi connectivity index (χ2v) is 6.65. The van der Waals surface area contributed by atoms with E-state index < -0.39 is 0 Å². The fourth-order valence-corrected chi connectivity index (χ4v) is 3.39. The average molecular weight is 250 g/mol. The molecular formula is C14H26N4. The van der Waals surface area contributed by atoms with Gasteiger partial charge in [-0.25, -0.2) is 4.98 Å². The van der Waals surface area contributed by atoms with Crippen molar-refractivity contribution in [1.29, 1.82) is 0 Å². The van der Waals surface area contributed by atoms with Crippen molar-refractivity contribution >= 4 is 0 Å². The molecule has 2 unspecified atom stereocenters. The van der Waals surface area contributed by atoms with Gasteiger partial charge in [0.05, 0.1) is 0 Å². The molecule has 0 aromatic carbocycles. The van der Waals surface area contributed by atoms with Gasteiger partial charge >= 0.3 is 0 Å². The predicted octanol–water partition coefficient (Wildman–Crippen LogP) is 2.16. The summed E-state index contributed by atoms with van der Waals surface area (Å²) in [6.45, 7) is 8.13. The van der Waals surface area contributed by atoms with Crippen molar-refractivity contribution in [2.45, 2.75) is 52.5 Å². The van der Waals surface area contributed by atoms with E-state index in [-0.39, 0.29) is 0 Å². The third-order valence-corrected chi connectivity index (χ3v) is 3.82. The van der Waals surface area contributed by atoms with Crippen LogP contribution in [-0.2, 0) is 13.5 Å². The summed E-state index contributed by atoms with van der Waals surface area (Å²) in [5.41, 5.74) is 0.485. The first-order valence-corrected chi connectivity index (χ1v) is 7.02. The molecule has 18 heavy (non-hydrogen) atoms. The Morgan fingerprint density at radius 1 is 1.44 bits per heavy atom. The minimum Gasteiger partial charge on any atom is -0.314 e. The van der Waals surface area contributed by atoms with Gasteiger partial charge in [-0.15, -0.1) is 0 Å². The molecule has 0 saturated heterocycles. The quantitative estimate of drug-likeness (QED) is 0.890. The fourth-order valence-electron chi connectivity index (χ4n) is 3.39. The predicted molar refractivity (Wildman–Crippen MR) is 73.3 cm³/mol. The lowest BCUT2D eigenvalue weighted by Gasteiger charge is -2.39. The highest BCUT2D eigenvalue weighted by atomic mass is 15.3. The van der Waals surface area contributed by atoms with Crippen molar-refractivity contribution in [2.75, 3.05) is 6.54 Å². The number of rotatable bonds is 4. The highest BCUT2D eigenvalue weighted by Gasteiger charge is 2.31. The minimum absolute atomic E-state index is 0.485. The largest absolute Gasteiger partial charge is 0.314 e. The Morgan fingerprint density at radius 3 is 2.83 bits per heavy atom. The summed E-state index contributed by atoms with van der Waals surface area (Å²) >= 11 is 0. The van der Waals surface area contributed by atoms with Gasteiger partial charge in [0, 0.05) is 26.1 Å². The van der Waals surface area contributed by atoms with Crippen LogP contribution >= 0.6 is 0 Å². The van der Waals surface area contributed by atoms with Crippen molar-refractivity contribution in [3.63, 3.8) is 0 Å². The normalized spacial score (nSPS) is 27.3. The number of aromatic nitrogens is 3. The molecule has 1 aliphatic carbocycles. The maximum Gasteiger partial charge on any atom is 0.151 e. The molecule has 0 radical (unpaired) electrons. The van der Waals surface area contributed by atoms with Crippen molar-refractivity contribution < 1.29 is 0 Å². The van der Waals surface area contributed by atoms with Crippen molar-refractivity contribution in [1.82, 2.24) is 20.1 Å². The number of hydrogen-bond donors (Lipinski definition) is 1. The molecule has 1 saturated carbocycles. The van der Waals surface area contributed by atoms with E-state index in [1.54, 1.807) is 11.0 Å². The van der Waals surface area contributed by atoms with E-state index in [1.165, 1.54) is 19.3 Å². The van der Waals surface area contributed by atoms with Gasteiger partial charge in [-0.3, -0.25) is 4.68 Å². The maximum absolute atomic E-state index is 4.30. The number of aryl methyl sites for hydroxylation is 1. The molecule has 1 heterocycles. The lowest BCUT2D eigenvalue weighted by Crippen LogP contribution is -2.40. The van der Waals surface area contributed by atoms with Crippen molar-refractivity contribution in [3.05, 3.63) is 12.2 Å². The van der Waals surface area contributed by atoms with Crippen LogP contribution in [0.4, 0.5) is 0 Å². The van der Waals surface area contributed by atoms with Crippen LogP contribution in [0.5, 0.6) is 0 Å². The highest BCUT2D eigenvalue weighted by Crippen LogP contribution is 2.38. The molecule has 1 aromatic heterocycles. The van der Waals surface area contributed by atoms with Crippen LogP contribution in [0.2, 0.25) is 0 Å². The van der Waals surface area contributed by atoms with Crippen LogP contribution in [-0.4, -0.2) is 27.4 Å². The second-order valence-electron chi connectivity index (χ2n) is 6.65. The third-order valence-electron chi connectivity index (χ3n) is 3.82. The first kappa shape index (κ1) is 13.5. The summed E-state index contributed by atoms with van der Waals surface area (Å²) in [5, 5.41) is 7.98. The Bertz CT molecular complexity index is 383. The van der Waals surface area contributed by atoms with Crippen LogP contribution in [0.15, 0.2) is 6.33 Å². The number of nitrogens with one attached hydrogen (secondary N) is 1. The van der Waals surface area contributed by atoms with Gasteiger partial charge in [-0.1, -0.05) is 20.8 Å². The summed E-state index contributed by atoms with van der Waals surface area (Å²) in [6, 6.07) is 0.660. The van der Waals surface area contributed by atoms with E-state index in [0.29, 0.717) is 11.5 Å². The summed E-state index contributed by atoms with van der Waals surface area (Å²) in [4.78, 5) is 4.25. The van der Waals surface area contributed by atoms with Crippen molar-refractivity contribution in [2.24, 2.45) is 18.4 Å². The lowest BCUT2D eigenvalue weighted by molar-refractivity contribution is 0.152. The van der Waals surface area contributed by atoms with E-state index in [2.05, 4.69) is 36.2 Å². The second kappa shape index (κ2) is 5.39. The number of hydrogen-bond acceptors (Lipinski definition) is 3. The van der Waals surface area contributed by atoms with Gasteiger partial charge in [0.15, 0.2) is 5.82 Å². The SMILES string of the molecule is CC1CC(NCCc2ncn(C)n2)CC(C)(C)C1. The highest BCUT2D eigenvalue weighted by molar-refractivity contribution is 4.88. The molecule has 1 aromatic rings. The first-order valence-electron chi connectivity index (χ1n) is 7.02. The molecule has 2 rings (SSSR count). The van der Waals surface area contributed by atoms with E-state index in [0.717, 1.165) is 24.7 Å². The molecule has 2 atom stereocenters. The van der Waals surface area contributed by atoms with Crippen molar-refractivity contribution in [3.8, 4) is 0 Å². The van der Waals surface area contributed by atoms with Gasteiger partial charge in [0.1, 0.15) is 6.33 Å². The van der Waals surface area contributed by atoms with E-state index >= 15 is 0 Å². The van der Waals surface area contributed by atoms with Crippen LogP contribution in [0.25, 0.3) is 0 Å². The molecule has 0 aliphatic heterocycles. The minimum atomic E-state index is 0.485. The summed E-state index contributed by atoms with van der Waals surface area (Å²) < 4.78 is 1.77. The van der Waals surface area contributed by atoms with Crippen LogP contribution in [0.1, 0.15) is 45.9 Å². The monoisotopic (exact) mass is 250 g/mol. The number of nitrogens with zero attached hydrogens (tertiary/aromatic N) is 3. The average Bonchev–Trinajstić information content (AvgIpc) is 2.61. The van der Waals surface area contributed by atoms with Gasteiger partial charge in [-0.05, 0) is 30.6 Å². The summed E-state index contributed by atoms with van der Waals surface area (Å²) in [6.07, 6.45) is 6.63. The Labute approximate surface area is 110 Å². The fraction of sp³-hybridized carbons (Fsp3) is 0.857. The molecule has 4 heteroatoms. The Kier molecular flexibility index (Phi) is 4.05. The summed E-state index contributed by atoms with van der Waals surface area (Å²) in [7, 11) is 1.91. The van der Waals surface area contributed by atoms with Gasteiger partial charge in [-0.2, -0.15) is 5.10 Å². The Morgan fingerprint density at radius 2 is 2.22 bits per heavy atom. The topological polar surface area (TPSA) is 42.7 Å². The first-order chi connectivity index (χ1) is 8.44. The van der Waals surface area contributed by atoms with Crippen LogP contribution < -0.4 is 5.32 Å². The zero-order valence-electron chi connectivity index (χ0n) is 12.1. The Hall–Kier alpha value is -0.900. The van der Waals surface area contributed by atoms with Gasteiger partial charge < -0.3 is 5.32 Å². The smallest absolute Gasteiger partial charge is 0.151 e. The standard InChI is InChI=1S/C14H26N4/c1-11-7-12(9-14(2,3)8-11)15-6-5-13-16-10-18(4)17-13/h10-12,15H,5-9H2,1-4H3. The zero-order valence-corrected chi connectivity index (χ0v) is 12.1. The molecule has 1 aliphatic rings. The Balaban J connectivity index is 1.76. The zero-order chi connectivity index (χ0) is 13.2. The third kappa shape index (κ3) is 3.80. The van der Waals surface area contributed by atoms with E-state index in [9.17, 15) is 0 Å². The van der Waals surface area contributed by atoms with Gasteiger partial charge in [0.25, 0.3) is 0 Å². The lowest BCUT2D eigenvalue weighted by atomic mass is 9.70. The molecule has 102 valence electrons. The van der Waals surface area contributed by atoms with Crippen LogP contribution in [0, 0.1) is 11.3 Å². The van der Waals surface area contributed by atoms with Gasteiger partial charge in [0.2, 0.25) is 0 Å². The molecule has 0 amide bonds. The van der Waals surface area contributed by atoms with E-state index in [1.807, 2.05) is 7.05 Å². The maximum atomic E-state index is 4.30. The molecule has 0 spiro atoms. The molecule has 4 nitrogen and oxygen atoms in total.